The van der Waals surface area contributed by atoms with Crippen molar-refractivity contribution in [3.05, 3.63) is 70.7 Å². The zero-order chi connectivity index (χ0) is 19.8. The Hall–Kier alpha value is -3.58. The predicted molar refractivity (Wildman–Crippen MR) is 104 cm³/mol. The number of carbonyl (C=O) groups is 1. The van der Waals surface area contributed by atoms with Crippen LogP contribution in [0.5, 0.6) is 17.2 Å². The normalized spacial score (nSPS) is 10.9. The number of hydrogen-bond acceptors (Lipinski definition) is 6. The Morgan fingerprint density at radius 3 is 2.39 bits per heavy atom. The number of aromatic hydroxyl groups is 2. The number of methoxy groups -OCH3 is 1. The van der Waals surface area contributed by atoms with Gasteiger partial charge >= 0.3 is 0 Å². The minimum atomic E-state index is -0.416. The summed E-state index contributed by atoms with van der Waals surface area (Å²) in [6.45, 7) is 0. The Morgan fingerprint density at radius 2 is 1.68 bits per heavy atom. The van der Waals surface area contributed by atoms with E-state index in [9.17, 15) is 15.0 Å². The van der Waals surface area contributed by atoms with E-state index in [0.717, 1.165) is 6.07 Å². The minimum Gasteiger partial charge on any atom is -0.507 e. The van der Waals surface area contributed by atoms with Gasteiger partial charge in [0.25, 0.3) is 0 Å². The summed E-state index contributed by atoms with van der Waals surface area (Å²) in [5, 5.41) is 29.5. The molecule has 2 N–H and O–H groups in total. The monoisotopic (exact) mass is 395 g/mol. The van der Waals surface area contributed by atoms with Crippen LogP contribution in [0.25, 0.3) is 16.7 Å². The third-order valence-electron chi connectivity index (χ3n) is 4.25. The maximum atomic E-state index is 12.8. The molecule has 0 bridgehead atoms. The van der Waals surface area contributed by atoms with Crippen molar-refractivity contribution in [1.82, 2.24) is 15.0 Å². The van der Waals surface area contributed by atoms with Crippen LogP contribution < -0.4 is 4.74 Å². The van der Waals surface area contributed by atoms with Crippen molar-refractivity contribution in [1.29, 1.82) is 0 Å². The van der Waals surface area contributed by atoms with E-state index in [0.29, 0.717) is 27.4 Å². The summed E-state index contributed by atoms with van der Waals surface area (Å²) in [5.41, 5.74) is 1.63. The van der Waals surface area contributed by atoms with E-state index in [4.69, 9.17) is 16.3 Å². The highest BCUT2D eigenvalue weighted by Gasteiger charge is 2.19. The van der Waals surface area contributed by atoms with Crippen molar-refractivity contribution in [3.8, 4) is 22.9 Å². The Labute approximate surface area is 164 Å². The molecule has 0 spiro atoms. The Balaban J connectivity index is 1.79. The first-order chi connectivity index (χ1) is 13.5. The number of nitrogens with zero attached hydrogens (tertiary/aromatic N) is 3. The van der Waals surface area contributed by atoms with Gasteiger partial charge in [-0.25, -0.2) is 0 Å². The molecule has 28 heavy (non-hydrogen) atoms. The van der Waals surface area contributed by atoms with Crippen LogP contribution >= 0.6 is 11.6 Å². The highest BCUT2D eigenvalue weighted by Crippen LogP contribution is 2.32. The fraction of sp³-hybridized carbons (Fsp3) is 0.0500. The summed E-state index contributed by atoms with van der Waals surface area (Å²) in [6, 6.07) is 13.9. The van der Waals surface area contributed by atoms with Crippen LogP contribution in [0.2, 0.25) is 5.02 Å². The molecular formula is C20H14ClN3O4. The zero-order valence-corrected chi connectivity index (χ0v) is 15.4. The number of phenolic OH excluding ortho intramolecular Hbond substituents is 2. The molecule has 0 unspecified atom stereocenters. The van der Waals surface area contributed by atoms with Gasteiger partial charge in [0.1, 0.15) is 34.0 Å². The predicted octanol–water partition coefficient (Wildman–Crippen LogP) is 3.72. The highest BCUT2D eigenvalue weighted by atomic mass is 35.5. The SMILES string of the molecule is COc1ccc(C(=O)c2cc(-n3nc4ccc(Cl)cc4n3)c(O)cc2O)cc1. The van der Waals surface area contributed by atoms with Crippen LogP contribution in [0.3, 0.4) is 0 Å². The fourth-order valence-corrected chi connectivity index (χ4v) is 2.97. The summed E-state index contributed by atoms with van der Waals surface area (Å²) in [5.74, 6) is -0.420. The van der Waals surface area contributed by atoms with Crippen molar-refractivity contribution in [3.63, 3.8) is 0 Å². The number of ketones is 1. The first-order valence-electron chi connectivity index (χ1n) is 8.24. The van der Waals surface area contributed by atoms with Crippen molar-refractivity contribution >= 4 is 28.4 Å². The van der Waals surface area contributed by atoms with Crippen LogP contribution in [0.15, 0.2) is 54.6 Å². The molecular weight excluding hydrogens is 382 g/mol. The van der Waals surface area contributed by atoms with E-state index < -0.39 is 5.78 Å². The Bertz CT molecular complexity index is 1200. The number of benzene rings is 3. The van der Waals surface area contributed by atoms with E-state index in [-0.39, 0.29) is 22.7 Å². The molecule has 0 radical (unpaired) electrons. The zero-order valence-electron chi connectivity index (χ0n) is 14.6. The second-order valence-electron chi connectivity index (χ2n) is 6.04. The second kappa shape index (κ2) is 6.86. The molecule has 1 heterocycles. The van der Waals surface area contributed by atoms with E-state index in [1.54, 1.807) is 42.5 Å². The molecule has 0 saturated heterocycles. The van der Waals surface area contributed by atoms with Gasteiger partial charge in [0.2, 0.25) is 0 Å². The molecule has 3 aromatic carbocycles. The van der Waals surface area contributed by atoms with E-state index >= 15 is 0 Å². The third kappa shape index (κ3) is 3.12. The number of carbonyl (C=O) groups excluding carboxylic acids is 1. The van der Waals surface area contributed by atoms with E-state index in [1.807, 2.05) is 0 Å². The van der Waals surface area contributed by atoms with Gasteiger partial charge in [0.05, 0.1) is 12.7 Å². The second-order valence-corrected chi connectivity index (χ2v) is 6.47. The molecule has 4 aromatic rings. The fourth-order valence-electron chi connectivity index (χ4n) is 2.80. The van der Waals surface area contributed by atoms with E-state index in [2.05, 4.69) is 10.2 Å². The molecule has 8 heteroatoms. The molecule has 0 saturated carbocycles. The number of fused-ring (bicyclic) bond motifs is 1. The average Bonchev–Trinajstić information content (AvgIpc) is 3.10. The average molecular weight is 396 g/mol. The number of hydrogen-bond donors (Lipinski definition) is 2. The summed E-state index contributed by atoms with van der Waals surface area (Å²) >= 11 is 5.97. The van der Waals surface area contributed by atoms with Gasteiger partial charge in [-0.15, -0.1) is 15.0 Å². The smallest absolute Gasteiger partial charge is 0.196 e. The quantitative estimate of drug-likeness (QED) is 0.511. The van der Waals surface area contributed by atoms with Crippen LogP contribution in [-0.2, 0) is 0 Å². The van der Waals surface area contributed by atoms with Crippen LogP contribution in [0.1, 0.15) is 15.9 Å². The lowest BCUT2D eigenvalue weighted by Crippen LogP contribution is -2.05. The molecule has 0 aliphatic rings. The molecule has 0 aliphatic heterocycles. The number of phenols is 2. The lowest BCUT2D eigenvalue weighted by atomic mass is 10.0. The number of halogens is 1. The van der Waals surface area contributed by atoms with Crippen molar-refractivity contribution < 1.29 is 19.7 Å². The molecule has 0 aliphatic carbocycles. The van der Waals surface area contributed by atoms with Gasteiger partial charge in [0.15, 0.2) is 5.78 Å². The van der Waals surface area contributed by atoms with Gasteiger partial charge < -0.3 is 14.9 Å². The number of rotatable bonds is 4. The van der Waals surface area contributed by atoms with Gasteiger partial charge in [-0.3, -0.25) is 4.79 Å². The summed E-state index contributed by atoms with van der Waals surface area (Å²) in [7, 11) is 1.53. The van der Waals surface area contributed by atoms with Gasteiger partial charge in [-0.05, 0) is 48.5 Å². The molecule has 0 atom stereocenters. The first kappa shape index (κ1) is 17.8. The van der Waals surface area contributed by atoms with Crippen molar-refractivity contribution in [2.45, 2.75) is 0 Å². The maximum absolute atomic E-state index is 12.8. The lowest BCUT2D eigenvalue weighted by Gasteiger charge is -2.09. The highest BCUT2D eigenvalue weighted by molar-refractivity contribution is 6.31. The minimum absolute atomic E-state index is 0.0114. The summed E-state index contributed by atoms with van der Waals surface area (Å²) in [4.78, 5) is 14.0. The topological polar surface area (TPSA) is 97.5 Å². The largest absolute Gasteiger partial charge is 0.507 e. The maximum Gasteiger partial charge on any atom is 0.196 e. The van der Waals surface area contributed by atoms with Crippen LogP contribution in [-0.4, -0.2) is 38.1 Å². The summed E-state index contributed by atoms with van der Waals surface area (Å²) in [6.07, 6.45) is 0. The number of ether oxygens (including phenoxy) is 1. The molecule has 0 amide bonds. The first-order valence-corrected chi connectivity index (χ1v) is 8.62. The summed E-state index contributed by atoms with van der Waals surface area (Å²) < 4.78 is 5.09. The van der Waals surface area contributed by atoms with Crippen molar-refractivity contribution in [2.24, 2.45) is 0 Å². The van der Waals surface area contributed by atoms with Gasteiger partial charge in [-0.2, -0.15) is 0 Å². The molecule has 140 valence electrons. The standard InChI is InChI=1S/C20H14ClN3O4/c1-28-13-5-2-11(3-6-13)20(27)14-9-17(19(26)10-18(14)25)24-22-15-7-4-12(21)8-16(15)23-24/h2-10,25-26H,1H3. The van der Waals surface area contributed by atoms with Crippen LogP contribution in [0.4, 0.5) is 0 Å². The molecule has 4 rings (SSSR count). The number of aromatic nitrogens is 3. The Kier molecular flexibility index (Phi) is 4.37. The van der Waals surface area contributed by atoms with Gasteiger partial charge in [0, 0.05) is 16.7 Å². The molecule has 1 aromatic heterocycles. The van der Waals surface area contributed by atoms with Gasteiger partial charge in [-0.1, -0.05) is 11.6 Å². The molecule has 0 fully saturated rings. The Morgan fingerprint density at radius 1 is 0.964 bits per heavy atom. The van der Waals surface area contributed by atoms with Crippen molar-refractivity contribution in [2.75, 3.05) is 7.11 Å². The van der Waals surface area contributed by atoms with E-state index in [1.165, 1.54) is 18.0 Å². The van der Waals surface area contributed by atoms with Crippen LogP contribution in [0, 0.1) is 0 Å². The molecule has 7 nitrogen and oxygen atoms in total. The lowest BCUT2D eigenvalue weighted by molar-refractivity contribution is 0.103. The third-order valence-corrected chi connectivity index (χ3v) is 4.48.